The average Bonchev–Trinajstić information content (AvgIpc) is 4.11. The van der Waals surface area contributed by atoms with E-state index in [0.29, 0.717) is 5.69 Å². The number of hydrogen-bond donors (Lipinski definition) is 8. The van der Waals surface area contributed by atoms with Gasteiger partial charge in [0, 0.05) is 72.3 Å². The van der Waals surface area contributed by atoms with Gasteiger partial charge in [0.15, 0.2) is 5.58 Å². The summed E-state index contributed by atoms with van der Waals surface area (Å²) in [7, 11) is 0. The number of benzene rings is 6. The molecular formula is C48H44N8O2S2. The second kappa shape index (κ2) is 19.1. The Labute approximate surface area is 353 Å². The second-order valence-corrected chi connectivity index (χ2v) is 15.2. The van der Waals surface area contributed by atoms with E-state index in [4.69, 9.17) is 43.2 Å². The minimum atomic E-state index is 0.697. The molecule has 12 heteroatoms. The fourth-order valence-electron chi connectivity index (χ4n) is 6.29. The molecule has 0 unspecified atom stereocenters. The Balaban J connectivity index is 0.000000109. The number of fused-ring (bicyclic) bond motifs is 6. The summed E-state index contributed by atoms with van der Waals surface area (Å²) in [4.78, 5) is 6.14. The van der Waals surface area contributed by atoms with Crippen molar-refractivity contribution in [3.63, 3.8) is 0 Å². The summed E-state index contributed by atoms with van der Waals surface area (Å²) in [6.45, 7) is 0. The fraction of sp³-hybridized carbons (Fsp3) is 0. The molecule has 60 heavy (non-hydrogen) atoms. The van der Waals surface area contributed by atoms with Gasteiger partial charge in [-0.1, -0.05) is 54.6 Å². The number of aromatic amines is 2. The first-order valence-corrected chi connectivity index (χ1v) is 20.5. The van der Waals surface area contributed by atoms with Crippen molar-refractivity contribution in [3.8, 4) is 0 Å². The van der Waals surface area contributed by atoms with Gasteiger partial charge in [0.05, 0.1) is 34.1 Å². The summed E-state index contributed by atoms with van der Waals surface area (Å²) in [6, 6.07) is 46.9. The maximum atomic E-state index is 5.71. The second-order valence-electron chi connectivity index (χ2n) is 13.3. The van der Waals surface area contributed by atoms with E-state index in [2.05, 4.69) is 45.0 Å². The highest BCUT2D eigenvalue weighted by Gasteiger charge is 2.00. The Hall–Kier alpha value is -7.80. The number of rotatable bonds is 0. The number of thiophene rings is 2. The number of furan rings is 2. The number of nitrogens with one attached hydrogen (secondary N) is 2. The topological polar surface area (TPSA) is 214 Å². The molecule has 0 saturated carbocycles. The van der Waals surface area contributed by atoms with E-state index in [9.17, 15) is 0 Å². The van der Waals surface area contributed by atoms with Crippen LogP contribution in [0.3, 0.4) is 0 Å². The van der Waals surface area contributed by atoms with Crippen molar-refractivity contribution >= 4 is 121 Å². The summed E-state index contributed by atoms with van der Waals surface area (Å²) in [5, 5.41) is 10.8. The molecule has 6 heterocycles. The average molecular weight is 829 g/mol. The molecular weight excluding hydrogens is 785 g/mol. The predicted molar refractivity (Wildman–Crippen MR) is 259 cm³/mol. The lowest BCUT2D eigenvalue weighted by atomic mass is 10.2. The van der Waals surface area contributed by atoms with Crippen molar-refractivity contribution in [3.05, 3.63) is 181 Å². The molecule has 14 N–H and O–H groups in total. The molecule has 0 bridgehead atoms. The predicted octanol–water partition coefficient (Wildman–Crippen LogP) is 12.5. The lowest BCUT2D eigenvalue weighted by Gasteiger charge is -1.92. The number of para-hydroxylation sites is 2. The van der Waals surface area contributed by atoms with E-state index in [-0.39, 0.29) is 0 Å². The zero-order valence-corrected chi connectivity index (χ0v) is 34.1. The summed E-state index contributed by atoms with van der Waals surface area (Å²) in [5.74, 6) is 0. The summed E-state index contributed by atoms with van der Waals surface area (Å²) in [5.41, 5.74) is 42.6. The Morgan fingerprint density at radius 2 is 1.02 bits per heavy atom. The molecule has 0 atom stereocenters. The molecule has 6 aromatic heterocycles. The van der Waals surface area contributed by atoms with Crippen molar-refractivity contribution in [2.75, 3.05) is 34.4 Å². The molecule has 0 aliphatic rings. The molecule has 300 valence electrons. The van der Waals surface area contributed by atoms with Gasteiger partial charge in [0.25, 0.3) is 0 Å². The summed E-state index contributed by atoms with van der Waals surface area (Å²) in [6.07, 6.45) is 7.06. The van der Waals surface area contributed by atoms with Crippen LogP contribution in [0.1, 0.15) is 0 Å². The molecule has 10 nitrogen and oxygen atoms in total. The molecule has 0 aliphatic carbocycles. The maximum Gasteiger partial charge on any atom is 0.156 e. The molecule has 6 aromatic carbocycles. The van der Waals surface area contributed by atoms with Crippen LogP contribution in [0.4, 0.5) is 34.1 Å². The number of H-pyrrole nitrogens is 2. The fourth-order valence-corrected chi connectivity index (χ4v) is 7.93. The minimum absolute atomic E-state index is 0.697. The monoisotopic (exact) mass is 828 g/mol. The summed E-state index contributed by atoms with van der Waals surface area (Å²) < 4.78 is 12.7. The lowest BCUT2D eigenvalue weighted by Crippen LogP contribution is -1.84. The highest BCUT2D eigenvalue weighted by atomic mass is 32.1. The van der Waals surface area contributed by atoms with Crippen molar-refractivity contribution in [1.29, 1.82) is 0 Å². The van der Waals surface area contributed by atoms with Crippen LogP contribution >= 0.6 is 22.7 Å². The molecule has 0 saturated heterocycles. The Kier molecular flexibility index (Phi) is 12.9. The van der Waals surface area contributed by atoms with Gasteiger partial charge >= 0.3 is 0 Å². The zero-order valence-electron chi connectivity index (χ0n) is 32.4. The van der Waals surface area contributed by atoms with E-state index in [1.165, 1.54) is 25.6 Å². The van der Waals surface area contributed by atoms with Gasteiger partial charge in [-0.15, -0.1) is 22.7 Å². The van der Waals surface area contributed by atoms with Crippen LogP contribution in [0.5, 0.6) is 0 Å². The number of hydrogen-bond acceptors (Lipinski definition) is 10. The SMILES string of the molecule is Nc1cccc2[nH]ccc12.Nc1cccc2cc[nH]c12.Nc1cccc2ccoc12.Nc1cccc2ccsc12.Nc1cccc2occc12.Nc1cccc2sccc12. The number of anilines is 6. The Morgan fingerprint density at radius 1 is 0.400 bits per heavy atom. The molecule has 0 radical (unpaired) electrons. The minimum Gasteiger partial charge on any atom is -0.464 e. The highest BCUT2D eigenvalue weighted by molar-refractivity contribution is 7.18. The third-order valence-electron chi connectivity index (χ3n) is 9.33. The first kappa shape index (κ1) is 40.4. The van der Waals surface area contributed by atoms with Crippen molar-refractivity contribution < 1.29 is 8.83 Å². The van der Waals surface area contributed by atoms with Crippen molar-refractivity contribution in [1.82, 2.24) is 9.97 Å². The van der Waals surface area contributed by atoms with E-state index in [1.807, 2.05) is 134 Å². The van der Waals surface area contributed by atoms with Crippen molar-refractivity contribution in [2.45, 2.75) is 0 Å². The molecule has 0 spiro atoms. The van der Waals surface area contributed by atoms with Gasteiger partial charge in [-0.3, -0.25) is 0 Å². The van der Waals surface area contributed by atoms with E-state index < -0.39 is 0 Å². The third-order valence-corrected chi connectivity index (χ3v) is 11.2. The number of nitrogens with two attached hydrogens (primary N) is 6. The van der Waals surface area contributed by atoms with Gasteiger partial charge in [-0.05, 0) is 107 Å². The van der Waals surface area contributed by atoms with Gasteiger partial charge in [0.1, 0.15) is 5.58 Å². The molecule has 12 rings (SSSR count). The number of aromatic nitrogens is 2. The van der Waals surface area contributed by atoms with Gasteiger partial charge in [0.2, 0.25) is 0 Å². The van der Waals surface area contributed by atoms with Gasteiger partial charge in [-0.2, -0.15) is 0 Å². The molecule has 0 amide bonds. The van der Waals surface area contributed by atoms with Crippen LogP contribution in [-0.4, -0.2) is 9.97 Å². The van der Waals surface area contributed by atoms with E-state index in [0.717, 1.165) is 66.8 Å². The van der Waals surface area contributed by atoms with Crippen LogP contribution in [0, 0.1) is 0 Å². The Morgan fingerprint density at radius 3 is 1.75 bits per heavy atom. The molecule has 0 fully saturated rings. The maximum absolute atomic E-state index is 5.71. The third kappa shape index (κ3) is 9.65. The van der Waals surface area contributed by atoms with Crippen molar-refractivity contribution in [2.24, 2.45) is 0 Å². The summed E-state index contributed by atoms with van der Waals surface area (Å²) >= 11 is 3.41. The quantitative estimate of drug-likeness (QED) is 0.0687. The highest BCUT2D eigenvalue weighted by Crippen LogP contribution is 2.27. The van der Waals surface area contributed by atoms with Crippen LogP contribution in [0.2, 0.25) is 0 Å². The Bertz CT molecular complexity index is 2670. The first-order valence-electron chi connectivity index (χ1n) is 18.8. The van der Waals surface area contributed by atoms with E-state index >= 15 is 0 Å². The zero-order chi connectivity index (χ0) is 41.8. The smallest absolute Gasteiger partial charge is 0.156 e. The first-order chi connectivity index (χ1) is 29.3. The van der Waals surface area contributed by atoms with Crippen LogP contribution in [-0.2, 0) is 0 Å². The lowest BCUT2D eigenvalue weighted by molar-refractivity contribution is 0.616. The van der Waals surface area contributed by atoms with E-state index in [1.54, 1.807) is 35.2 Å². The normalized spacial score (nSPS) is 10.4. The van der Waals surface area contributed by atoms with Crippen LogP contribution < -0.4 is 34.4 Å². The van der Waals surface area contributed by atoms with Gasteiger partial charge < -0.3 is 53.2 Å². The standard InChI is InChI=1S/2C8H8N2.2C8H7NO.2C8H7NS/c9-7-2-1-3-8-6(7)4-5-10-8;9-7-3-1-2-6-4-5-10-8(6)7;9-7-2-1-3-8-6(7)4-5-10-8;9-7-3-1-2-6-4-5-10-8(6)7;9-7-2-1-3-8-6(7)4-5-10-8;9-7-3-1-2-6-4-5-10-8(6)7/h2*1-5,10H,9H2;4*1-5H,9H2. The molecule has 12 aromatic rings. The van der Waals surface area contributed by atoms with Gasteiger partial charge in [-0.25, -0.2) is 0 Å². The largest absolute Gasteiger partial charge is 0.464 e. The molecule has 0 aliphatic heterocycles. The van der Waals surface area contributed by atoms with Crippen LogP contribution in [0.15, 0.2) is 190 Å². The van der Waals surface area contributed by atoms with Crippen LogP contribution in [0.25, 0.3) is 63.9 Å². The number of nitrogen functional groups attached to an aromatic ring is 6.